The number of rotatable bonds is 0. The molecule has 0 radical (unpaired) electrons. The van der Waals surface area contributed by atoms with Crippen molar-refractivity contribution in [3.8, 4) is 0 Å². The Morgan fingerprint density at radius 3 is 2.77 bits per heavy atom. The lowest BCUT2D eigenvalue weighted by atomic mass is 9.85. The van der Waals surface area contributed by atoms with E-state index in [9.17, 15) is 0 Å². The molecule has 0 spiro atoms. The molecule has 3 aromatic rings. The Balaban J connectivity index is 1.86. The van der Waals surface area contributed by atoms with Gasteiger partial charge in [0.1, 0.15) is 5.56 Å². The average Bonchev–Trinajstić information content (AvgIpc) is 2.60. The fourth-order valence-corrected chi connectivity index (χ4v) is 3.70. The first-order chi connectivity index (χ1) is 10.9. The molecule has 0 saturated heterocycles. The molecule has 102 valence electrons. The predicted molar refractivity (Wildman–Crippen MR) is 93.0 cm³/mol. The van der Waals surface area contributed by atoms with Crippen molar-refractivity contribution in [2.24, 2.45) is 0 Å². The topological polar surface area (TPSA) is 0 Å². The van der Waals surface area contributed by atoms with Crippen LogP contribution in [0.2, 0.25) is 0 Å². The molecule has 0 bridgehead atoms. The molecule has 3 aromatic carbocycles. The summed E-state index contributed by atoms with van der Waals surface area (Å²) in [6, 6.07) is 17.7. The molecule has 2 aliphatic rings. The SMILES string of the molecule is C1=C[CH+]c2c3c(ccc2=C1)=Cc1c(ccc2ccccc12)C3. The van der Waals surface area contributed by atoms with Crippen LogP contribution in [0.15, 0.2) is 60.7 Å². The zero-order chi connectivity index (χ0) is 14.5. The Morgan fingerprint density at radius 2 is 1.77 bits per heavy atom. The van der Waals surface area contributed by atoms with Gasteiger partial charge in [-0.15, -0.1) is 0 Å². The van der Waals surface area contributed by atoms with Gasteiger partial charge >= 0.3 is 0 Å². The van der Waals surface area contributed by atoms with Crippen LogP contribution in [0.5, 0.6) is 0 Å². The summed E-state index contributed by atoms with van der Waals surface area (Å²) in [5.41, 5.74) is 5.67. The third-order valence-electron chi connectivity index (χ3n) is 4.80. The van der Waals surface area contributed by atoms with E-state index >= 15 is 0 Å². The third-order valence-corrected chi connectivity index (χ3v) is 4.80. The van der Waals surface area contributed by atoms with Crippen LogP contribution >= 0.6 is 0 Å². The van der Waals surface area contributed by atoms with Crippen molar-refractivity contribution >= 4 is 22.9 Å². The second-order valence-corrected chi connectivity index (χ2v) is 6.04. The van der Waals surface area contributed by atoms with Crippen molar-refractivity contribution in [3.05, 3.63) is 99.8 Å². The van der Waals surface area contributed by atoms with Crippen LogP contribution in [0.1, 0.15) is 22.3 Å². The normalized spacial score (nSPS) is 14.2. The number of hydrogen-bond acceptors (Lipinski definition) is 0. The van der Waals surface area contributed by atoms with Crippen molar-refractivity contribution in [1.82, 2.24) is 0 Å². The van der Waals surface area contributed by atoms with Crippen molar-refractivity contribution in [2.75, 3.05) is 0 Å². The summed E-state index contributed by atoms with van der Waals surface area (Å²) in [4.78, 5) is 0. The number of benzene rings is 3. The Hall–Kier alpha value is -2.73. The van der Waals surface area contributed by atoms with Gasteiger partial charge in [-0.1, -0.05) is 36.4 Å². The van der Waals surface area contributed by atoms with Crippen LogP contribution < -0.4 is 10.4 Å². The summed E-state index contributed by atoms with van der Waals surface area (Å²) >= 11 is 0. The number of allylic oxidation sites excluding steroid dienone is 2. The lowest BCUT2D eigenvalue weighted by Gasteiger charge is -2.16. The van der Waals surface area contributed by atoms with Gasteiger partial charge in [-0.2, -0.15) is 0 Å². The molecule has 0 amide bonds. The largest absolute Gasteiger partial charge is 0.107 e. The molecule has 0 N–H and O–H groups in total. The second kappa shape index (κ2) is 4.38. The maximum absolute atomic E-state index is 2.36. The van der Waals surface area contributed by atoms with Gasteiger partial charge in [-0.25, -0.2) is 0 Å². The first-order valence-corrected chi connectivity index (χ1v) is 7.76. The molecule has 0 unspecified atom stereocenters. The molecule has 0 heterocycles. The lowest BCUT2D eigenvalue weighted by molar-refractivity contribution is 1.12. The minimum absolute atomic E-state index is 1.02. The molecule has 0 saturated carbocycles. The van der Waals surface area contributed by atoms with E-state index in [1.807, 2.05) is 0 Å². The summed E-state index contributed by atoms with van der Waals surface area (Å²) in [6.07, 6.45) is 12.1. The van der Waals surface area contributed by atoms with Gasteiger partial charge in [0.05, 0.1) is 5.22 Å². The first kappa shape index (κ1) is 11.9. The van der Waals surface area contributed by atoms with Crippen molar-refractivity contribution in [2.45, 2.75) is 6.42 Å². The fourth-order valence-electron chi connectivity index (χ4n) is 3.70. The molecule has 0 nitrogen and oxygen atoms in total. The van der Waals surface area contributed by atoms with E-state index in [1.54, 1.807) is 0 Å². The van der Waals surface area contributed by atoms with E-state index in [0.717, 1.165) is 6.42 Å². The Morgan fingerprint density at radius 1 is 0.864 bits per heavy atom. The van der Waals surface area contributed by atoms with Gasteiger partial charge < -0.3 is 0 Å². The molecule has 0 aromatic heterocycles. The lowest BCUT2D eigenvalue weighted by Crippen LogP contribution is -2.24. The van der Waals surface area contributed by atoms with Crippen LogP contribution in [0.3, 0.4) is 0 Å². The van der Waals surface area contributed by atoms with E-state index in [2.05, 4.69) is 79.3 Å². The van der Waals surface area contributed by atoms with Crippen molar-refractivity contribution in [1.29, 1.82) is 0 Å². The number of fused-ring (bicyclic) bond motifs is 6. The summed E-state index contributed by atoms with van der Waals surface area (Å²) in [5, 5.41) is 5.38. The van der Waals surface area contributed by atoms with Crippen molar-refractivity contribution < 1.29 is 0 Å². The fraction of sp³-hybridized carbons (Fsp3) is 0.0455. The van der Waals surface area contributed by atoms with Crippen LogP contribution in [0.4, 0.5) is 0 Å². The Kier molecular flexibility index (Phi) is 2.37. The standard InChI is InChI=1S/C22H15/c1-3-7-19-15(5-1)9-11-17-14-22-18(13-21(17)19)12-10-16-6-2-4-8-20(16)22/h1-13H,14H2/q+1. The molecule has 0 aliphatic heterocycles. The van der Waals surface area contributed by atoms with Crippen LogP contribution in [0.25, 0.3) is 22.9 Å². The van der Waals surface area contributed by atoms with Gasteiger partial charge in [-0.3, -0.25) is 0 Å². The highest BCUT2D eigenvalue weighted by Crippen LogP contribution is 2.27. The van der Waals surface area contributed by atoms with Crippen LogP contribution in [0, 0.1) is 6.42 Å². The Labute approximate surface area is 129 Å². The van der Waals surface area contributed by atoms with E-state index in [-0.39, 0.29) is 0 Å². The quantitative estimate of drug-likeness (QED) is 0.432. The minimum atomic E-state index is 1.02. The van der Waals surface area contributed by atoms with E-state index in [1.165, 1.54) is 43.5 Å². The maximum Gasteiger partial charge on any atom is 0.107 e. The summed E-state index contributed by atoms with van der Waals surface area (Å²) in [7, 11) is 0. The molecule has 5 rings (SSSR count). The second-order valence-electron chi connectivity index (χ2n) is 6.04. The zero-order valence-electron chi connectivity index (χ0n) is 12.2. The molecule has 2 aliphatic carbocycles. The van der Waals surface area contributed by atoms with Crippen LogP contribution in [-0.2, 0) is 6.42 Å². The average molecular weight is 279 g/mol. The van der Waals surface area contributed by atoms with Gasteiger partial charge in [0, 0.05) is 41.9 Å². The maximum atomic E-state index is 2.36. The molecular formula is C22H15+. The summed E-state index contributed by atoms with van der Waals surface area (Å²) in [6.45, 7) is 0. The number of hydrogen-bond donors (Lipinski definition) is 0. The van der Waals surface area contributed by atoms with E-state index in [0.29, 0.717) is 0 Å². The summed E-state index contributed by atoms with van der Waals surface area (Å²) < 4.78 is 0. The first-order valence-electron chi connectivity index (χ1n) is 7.76. The monoisotopic (exact) mass is 279 g/mol. The van der Waals surface area contributed by atoms with Gasteiger partial charge in [0.25, 0.3) is 0 Å². The predicted octanol–water partition coefficient (Wildman–Crippen LogP) is 3.48. The molecular weight excluding hydrogens is 264 g/mol. The highest BCUT2D eigenvalue weighted by molar-refractivity contribution is 5.92. The van der Waals surface area contributed by atoms with E-state index < -0.39 is 0 Å². The highest BCUT2D eigenvalue weighted by Gasteiger charge is 2.20. The third kappa shape index (κ3) is 1.61. The van der Waals surface area contributed by atoms with Crippen LogP contribution in [-0.4, -0.2) is 0 Å². The molecule has 0 heteroatoms. The summed E-state index contributed by atoms with van der Waals surface area (Å²) in [5.74, 6) is 0. The highest BCUT2D eigenvalue weighted by atomic mass is 14.2. The van der Waals surface area contributed by atoms with Gasteiger partial charge in [0.2, 0.25) is 0 Å². The smallest absolute Gasteiger partial charge is 0.0616 e. The van der Waals surface area contributed by atoms with Crippen molar-refractivity contribution in [3.63, 3.8) is 0 Å². The van der Waals surface area contributed by atoms with Gasteiger partial charge in [-0.05, 0) is 40.1 Å². The molecule has 22 heavy (non-hydrogen) atoms. The minimum Gasteiger partial charge on any atom is -0.0616 e. The molecule has 0 atom stereocenters. The van der Waals surface area contributed by atoms with Gasteiger partial charge in [0.15, 0.2) is 0 Å². The molecule has 0 fully saturated rings. The Bertz CT molecular complexity index is 1070. The zero-order valence-corrected chi connectivity index (χ0v) is 12.2. The van der Waals surface area contributed by atoms with E-state index in [4.69, 9.17) is 0 Å².